The number of phenols is 1. The molecule has 1 aromatic carbocycles. The number of hydrogen-bond donors (Lipinski definition) is 2. The van der Waals surface area contributed by atoms with E-state index >= 15 is 0 Å². The van der Waals surface area contributed by atoms with Crippen LogP contribution < -0.4 is 0 Å². The molecular weight excluding hydrogens is 266 g/mol. The number of carbonyl (C=O) groups is 1. The van der Waals surface area contributed by atoms with E-state index in [0.29, 0.717) is 13.0 Å². The van der Waals surface area contributed by atoms with E-state index in [4.69, 9.17) is 0 Å². The van der Waals surface area contributed by atoms with Crippen molar-refractivity contribution in [3.63, 3.8) is 0 Å². The first-order valence-corrected chi connectivity index (χ1v) is 7.66. The quantitative estimate of drug-likeness (QED) is 0.893. The maximum atomic E-state index is 11.7. The predicted octanol–water partition coefficient (Wildman–Crippen LogP) is 3.34. The Hall–Kier alpha value is -1.55. The molecule has 1 saturated heterocycles. The number of benzene rings is 1. The van der Waals surface area contributed by atoms with Crippen LogP contribution in [0.3, 0.4) is 0 Å². The van der Waals surface area contributed by atoms with Crippen LogP contribution in [-0.2, 0) is 4.79 Å². The Balaban J connectivity index is 2.25. The number of aliphatic carboxylic acids is 1. The molecule has 0 aliphatic carbocycles. The molecule has 2 rings (SSSR count). The van der Waals surface area contributed by atoms with Crippen LogP contribution in [0.25, 0.3) is 0 Å². The normalized spacial score (nSPS) is 24.7. The van der Waals surface area contributed by atoms with Gasteiger partial charge in [-0.3, -0.25) is 9.69 Å². The molecule has 1 aliphatic heterocycles. The van der Waals surface area contributed by atoms with E-state index in [1.165, 1.54) is 0 Å². The predicted molar refractivity (Wildman–Crippen MR) is 82.4 cm³/mol. The molecule has 0 saturated carbocycles. The van der Waals surface area contributed by atoms with Gasteiger partial charge in [0.1, 0.15) is 5.75 Å². The third-order valence-corrected chi connectivity index (χ3v) is 4.92. The van der Waals surface area contributed by atoms with Crippen LogP contribution in [0.1, 0.15) is 50.3 Å². The zero-order valence-electron chi connectivity index (χ0n) is 13.1. The van der Waals surface area contributed by atoms with Crippen molar-refractivity contribution in [1.82, 2.24) is 4.90 Å². The number of hydrogen-bond acceptors (Lipinski definition) is 3. The second-order valence-corrected chi connectivity index (χ2v) is 6.25. The highest BCUT2D eigenvalue weighted by Gasteiger charge is 2.42. The van der Waals surface area contributed by atoms with Gasteiger partial charge in [0, 0.05) is 18.2 Å². The number of nitrogens with zero attached hydrogens (tertiary/aromatic N) is 1. The SMILES string of the molecule is CCC1(C(=O)O)CCCN(C(C)c2cc(C)ccc2O)C1. The van der Waals surface area contributed by atoms with Gasteiger partial charge in [0.15, 0.2) is 0 Å². The number of carboxylic acid groups (broad SMARTS) is 1. The van der Waals surface area contributed by atoms with Crippen LogP contribution in [0.2, 0.25) is 0 Å². The summed E-state index contributed by atoms with van der Waals surface area (Å²) in [6.45, 7) is 7.42. The van der Waals surface area contributed by atoms with Gasteiger partial charge in [-0.2, -0.15) is 0 Å². The summed E-state index contributed by atoms with van der Waals surface area (Å²) >= 11 is 0. The summed E-state index contributed by atoms with van der Waals surface area (Å²) in [7, 11) is 0. The lowest BCUT2D eigenvalue weighted by molar-refractivity contribution is -0.153. The highest BCUT2D eigenvalue weighted by molar-refractivity contribution is 5.75. The van der Waals surface area contributed by atoms with Crippen LogP contribution in [0.4, 0.5) is 0 Å². The third-order valence-electron chi connectivity index (χ3n) is 4.92. The fourth-order valence-electron chi connectivity index (χ4n) is 3.32. The molecule has 2 N–H and O–H groups in total. The first-order chi connectivity index (χ1) is 9.89. The zero-order chi connectivity index (χ0) is 15.6. The molecule has 2 unspecified atom stereocenters. The Kier molecular flexibility index (Phi) is 4.57. The Morgan fingerprint density at radius 3 is 2.81 bits per heavy atom. The van der Waals surface area contributed by atoms with Crippen molar-refractivity contribution < 1.29 is 15.0 Å². The zero-order valence-corrected chi connectivity index (χ0v) is 13.1. The van der Waals surface area contributed by atoms with E-state index < -0.39 is 11.4 Å². The molecule has 0 bridgehead atoms. The third kappa shape index (κ3) is 3.05. The van der Waals surface area contributed by atoms with Gasteiger partial charge in [0.05, 0.1) is 5.41 Å². The fourth-order valence-corrected chi connectivity index (χ4v) is 3.32. The largest absolute Gasteiger partial charge is 0.508 e. The molecule has 2 atom stereocenters. The summed E-state index contributed by atoms with van der Waals surface area (Å²) in [5, 5.41) is 19.7. The summed E-state index contributed by atoms with van der Waals surface area (Å²) in [5.74, 6) is -0.411. The molecule has 4 nitrogen and oxygen atoms in total. The van der Waals surface area contributed by atoms with E-state index in [1.54, 1.807) is 6.07 Å². The van der Waals surface area contributed by atoms with Crippen molar-refractivity contribution in [2.75, 3.05) is 13.1 Å². The number of likely N-dealkylation sites (tertiary alicyclic amines) is 1. The highest BCUT2D eigenvalue weighted by atomic mass is 16.4. The minimum atomic E-state index is -0.699. The van der Waals surface area contributed by atoms with Crippen LogP contribution in [-0.4, -0.2) is 34.2 Å². The van der Waals surface area contributed by atoms with Gasteiger partial charge in [-0.1, -0.05) is 24.6 Å². The van der Waals surface area contributed by atoms with Crippen LogP contribution in [0.15, 0.2) is 18.2 Å². The van der Waals surface area contributed by atoms with E-state index in [2.05, 4.69) is 4.90 Å². The first kappa shape index (κ1) is 15.8. The molecule has 1 fully saturated rings. The van der Waals surface area contributed by atoms with Crippen LogP contribution >= 0.6 is 0 Å². The Morgan fingerprint density at radius 1 is 1.48 bits per heavy atom. The van der Waals surface area contributed by atoms with Gasteiger partial charge in [0.25, 0.3) is 0 Å². The van der Waals surface area contributed by atoms with E-state index in [-0.39, 0.29) is 11.8 Å². The van der Waals surface area contributed by atoms with Crippen LogP contribution in [0.5, 0.6) is 5.75 Å². The molecule has 1 aliphatic rings. The lowest BCUT2D eigenvalue weighted by Gasteiger charge is -2.42. The summed E-state index contributed by atoms with van der Waals surface area (Å²) in [5.41, 5.74) is 1.34. The maximum absolute atomic E-state index is 11.7. The smallest absolute Gasteiger partial charge is 0.310 e. The summed E-state index contributed by atoms with van der Waals surface area (Å²) in [6, 6.07) is 5.61. The van der Waals surface area contributed by atoms with E-state index in [0.717, 1.165) is 30.5 Å². The summed E-state index contributed by atoms with van der Waals surface area (Å²) in [6.07, 6.45) is 2.27. The maximum Gasteiger partial charge on any atom is 0.310 e. The Labute approximate surface area is 126 Å². The standard InChI is InChI=1S/C17H25NO3/c1-4-17(16(20)21)8-5-9-18(11-17)13(3)14-10-12(2)6-7-15(14)19/h6-7,10,13,19H,4-5,8-9,11H2,1-3H3,(H,20,21). The topological polar surface area (TPSA) is 60.8 Å². The molecule has 21 heavy (non-hydrogen) atoms. The van der Waals surface area contributed by atoms with E-state index in [9.17, 15) is 15.0 Å². The average molecular weight is 291 g/mol. The molecule has 0 spiro atoms. The van der Waals surface area contributed by atoms with Gasteiger partial charge in [0.2, 0.25) is 0 Å². The van der Waals surface area contributed by atoms with Crippen molar-refractivity contribution in [2.45, 2.75) is 46.1 Å². The monoisotopic (exact) mass is 291 g/mol. The molecule has 1 aromatic rings. The van der Waals surface area contributed by atoms with Gasteiger partial charge in [-0.05, 0) is 45.7 Å². The average Bonchev–Trinajstić information content (AvgIpc) is 2.48. The van der Waals surface area contributed by atoms with Crippen molar-refractivity contribution in [2.24, 2.45) is 5.41 Å². The van der Waals surface area contributed by atoms with Gasteiger partial charge < -0.3 is 10.2 Å². The number of piperidine rings is 1. The number of phenolic OH excluding ortho intramolecular Hbond substituents is 1. The molecule has 1 heterocycles. The first-order valence-electron chi connectivity index (χ1n) is 7.66. The number of carboxylic acids is 1. The minimum absolute atomic E-state index is 0.0236. The van der Waals surface area contributed by atoms with Gasteiger partial charge >= 0.3 is 5.97 Å². The van der Waals surface area contributed by atoms with Crippen molar-refractivity contribution in [3.05, 3.63) is 29.3 Å². The number of aromatic hydroxyl groups is 1. The highest BCUT2D eigenvalue weighted by Crippen LogP contribution is 2.38. The fraction of sp³-hybridized carbons (Fsp3) is 0.588. The number of aryl methyl sites for hydroxylation is 1. The van der Waals surface area contributed by atoms with Crippen molar-refractivity contribution >= 4 is 5.97 Å². The van der Waals surface area contributed by atoms with Gasteiger partial charge in [-0.25, -0.2) is 0 Å². The lowest BCUT2D eigenvalue weighted by atomic mass is 9.77. The molecule has 4 heteroatoms. The Bertz CT molecular complexity index is 529. The second-order valence-electron chi connectivity index (χ2n) is 6.25. The second kappa shape index (κ2) is 6.06. The minimum Gasteiger partial charge on any atom is -0.508 e. The van der Waals surface area contributed by atoms with Crippen molar-refractivity contribution in [3.8, 4) is 5.75 Å². The van der Waals surface area contributed by atoms with Crippen LogP contribution in [0, 0.1) is 12.3 Å². The molecule has 0 aromatic heterocycles. The summed E-state index contributed by atoms with van der Waals surface area (Å²) in [4.78, 5) is 13.8. The molecular formula is C17H25NO3. The molecule has 0 amide bonds. The number of rotatable bonds is 4. The van der Waals surface area contributed by atoms with Gasteiger partial charge in [-0.15, -0.1) is 0 Å². The molecule has 0 radical (unpaired) electrons. The Morgan fingerprint density at radius 2 is 2.19 bits per heavy atom. The summed E-state index contributed by atoms with van der Waals surface area (Å²) < 4.78 is 0. The van der Waals surface area contributed by atoms with Crippen molar-refractivity contribution in [1.29, 1.82) is 0 Å². The molecule has 116 valence electrons. The lowest BCUT2D eigenvalue weighted by Crippen LogP contribution is -2.48. The van der Waals surface area contributed by atoms with E-state index in [1.807, 2.05) is 32.9 Å².